The van der Waals surface area contributed by atoms with Crippen LogP contribution in [0.25, 0.3) is 11.0 Å². The molecule has 7 nitrogen and oxygen atoms in total. The number of carboxylic acids is 1. The summed E-state index contributed by atoms with van der Waals surface area (Å²) in [4.78, 5) is 20.5. The second-order valence-corrected chi connectivity index (χ2v) is 8.04. The van der Waals surface area contributed by atoms with Gasteiger partial charge in [0.25, 0.3) is 5.97 Å². The van der Waals surface area contributed by atoms with E-state index in [4.69, 9.17) is 26.5 Å². The van der Waals surface area contributed by atoms with Crippen LogP contribution in [0.15, 0.2) is 48.9 Å². The molecule has 0 unspecified atom stereocenters. The summed E-state index contributed by atoms with van der Waals surface area (Å²) < 4.78 is 2.01. The van der Waals surface area contributed by atoms with Crippen molar-refractivity contribution < 1.29 is 41.0 Å². The summed E-state index contributed by atoms with van der Waals surface area (Å²) in [5.41, 5.74) is 8.92. The fourth-order valence-corrected chi connectivity index (χ4v) is 4.60. The number of carbonyl (C=O) groups is 1. The number of allylic oxidation sites excluding steroid dienone is 1. The molecule has 2 aromatic heterocycles. The molecule has 31 heavy (non-hydrogen) atoms. The van der Waals surface area contributed by atoms with E-state index >= 15 is 0 Å². The molecule has 160 valence electrons. The van der Waals surface area contributed by atoms with Gasteiger partial charge in [0.15, 0.2) is 0 Å². The number of benzene rings is 1. The van der Waals surface area contributed by atoms with Crippen LogP contribution < -0.4 is 10.3 Å². The molecule has 0 atom stereocenters. The van der Waals surface area contributed by atoms with Crippen molar-refractivity contribution in [2.45, 2.75) is 38.1 Å². The maximum atomic E-state index is 9.00. The summed E-state index contributed by atoms with van der Waals surface area (Å²) >= 11 is 6.15. The number of pyridine rings is 1. The summed E-state index contributed by atoms with van der Waals surface area (Å²) in [7, 11) is 1.90. The van der Waals surface area contributed by atoms with Crippen molar-refractivity contribution in [1.82, 2.24) is 14.6 Å². The van der Waals surface area contributed by atoms with Crippen LogP contribution in [0.4, 0.5) is 5.69 Å². The van der Waals surface area contributed by atoms with Crippen molar-refractivity contribution in [2.24, 2.45) is 0 Å². The van der Waals surface area contributed by atoms with Crippen molar-refractivity contribution in [2.75, 3.05) is 17.4 Å². The molecule has 2 N–H and O–H groups in total. The maximum Gasteiger partial charge on any atom is 0.300 e. The van der Waals surface area contributed by atoms with Gasteiger partial charge in [0.05, 0.1) is 29.5 Å². The first-order valence-electron chi connectivity index (χ1n) is 9.83. The zero-order valence-corrected chi connectivity index (χ0v) is 22.4. The van der Waals surface area contributed by atoms with E-state index in [1.165, 1.54) is 17.7 Å². The van der Waals surface area contributed by atoms with Gasteiger partial charge in [-0.15, -0.1) is 0 Å². The van der Waals surface area contributed by atoms with Crippen LogP contribution in [0.3, 0.4) is 0 Å². The molecule has 9 heteroatoms. The summed E-state index contributed by atoms with van der Waals surface area (Å²) in [5.74, 6) is 0.0945. The minimum atomic E-state index is -0.833. The van der Waals surface area contributed by atoms with Gasteiger partial charge in [-0.25, -0.2) is 9.66 Å². The second kappa shape index (κ2) is 9.24. The monoisotopic (exact) mass is 663 g/mol. The maximum absolute atomic E-state index is 9.00. The number of rotatable bonds is 3. The average molecular weight is 664 g/mol. The van der Waals surface area contributed by atoms with Crippen LogP contribution in [0.5, 0.6) is 0 Å². The molecule has 3 aromatic rings. The molecule has 1 fully saturated rings. The standard InChI is InChI=1S/C20H20ClN5.C2H4O2.U/c1-13-20(7-3-8-20)15-6-9-23-11-18(15)25(13)12-19-24-16-10-14(21)4-5-17(16)26(19)22-2;1-2(3)4;/h4-6,9-11,22H,1,3,7-8,12H2,2H3;1H3,(H,3,4);. The predicted molar refractivity (Wildman–Crippen MR) is 118 cm³/mol. The number of hydrogen-bond donors (Lipinski definition) is 2. The van der Waals surface area contributed by atoms with E-state index in [-0.39, 0.29) is 36.5 Å². The van der Waals surface area contributed by atoms with Gasteiger partial charge in [0.2, 0.25) is 0 Å². The van der Waals surface area contributed by atoms with E-state index in [1.54, 1.807) is 0 Å². The summed E-state index contributed by atoms with van der Waals surface area (Å²) in [6.07, 6.45) is 7.42. The molecule has 1 aliphatic heterocycles. The van der Waals surface area contributed by atoms with Gasteiger partial charge in [-0.2, -0.15) is 0 Å². The van der Waals surface area contributed by atoms with E-state index < -0.39 is 5.97 Å². The largest absolute Gasteiger partial charge is 0.481 e. The third kappa shape index (κ3) is 4.09. The Kier molecular flexibility index (Phi) is 7.05. The number of fused-ring (bicyclic) bond motifs is 3. The molecule has 0 saturated heterocycles. The van der Waals surface area contributed by atoms with Gasteiger partial charge in [0, 0.05) is 67.4 Å². The first-order valence-corrected chi connectivity index (χ1v) is 10.2. The number of aromatic nitrogens is 3. The predicted octanol–water partition coefficient (Wildman–Crippen LogP) is 4.30. The van der Waals surface area contributed by atoms with E-state index in [2.05, 4.69) is 28.0 Å². The number of halogens is 1. The number of nitrogens with zero attached hydrogens (tertiary/aromatic N) is 4. The normalized spacial score (nSPS) is 15.6. The SMILES string of the molecule is C=C1N(Cc2nc3cc(Cl)ccc3n2NC)c2cnccc2C12CCC2.CC(=O)O.[U]. The minimum Gasteiger partial charge on any atom is -0.481 e. The van der Waals surface area contributed by atoms with Crippen molar-refractivity contribution >= 4 is 34.3 Å². The van der Waals surface area contributed by atoms with Crippen molar-refractivity contribution in [3.63, 3.8) is 0 Å². The fourth-order valence-electron chi connectivity index (χ4n) is 4.43. The van der Waals surface area contributed by atoms with Gasteiger partial charge in [-0.1, -0.05) is 24.6 Å². The van der Waals surface area contributed by atoms with Crippen LogP contribution in [-0.4, -0.2) is 32.8 Å². The van der Waals surface area contributed by atoms with Crippen molar-refractivity contribution in [3.05, 3.63) is 65.3 Å². The number of imidazole rings is 1. The molecule has 3 heterocycles. The zero-order valence-electron chi connectivity index (χ0n) is 17.5. The van der Waals surface area contributed by atoms with Crippen LogP contribution >= 0.6 is 11.6 Å². The third-order valence-electron chi connectivity index (χ3n) is 5.90. The van der Waals surface area contributed by atoms with Crippen molar-refractivity contribution in [3.8, 4) is 0 Å². The molecule has 1 aromatic carbocycles. The van der Waals surface area contributed by atoms with Crippen LogP contribution in [-0.2, 0) is 16.8 Å². The van der Waals surface area contributed by atoms with Gasteiger partial charge in [-0.3, -0.25) is 9.78 Å². The Bertz CT molecular complexity index is 1140. The van der Waals surface area contributed by atoms with Crippen LogP contribution in [0.2, 0.25) is 5.02 Å². The number of hydrogen-bond acceptors (Lipinski definition) is 5. The molecular weight excluding hydrogens is 640 g/mol. The van der Waals surface area contributed by atoms with Gasteiger partial charge in [0.1, 0.15) is 5.82 Å². The number of carboxylic acid groups (broad SMARTS) is 1. The zero-order chi connectivity index (χ0) is 21.5. The first kappa shape index (κ1) is 23.7. The molecule has 0 bridgehead atoms. The summed E-state index contributed by atoms with van der Waals surface area (Å²) in [5, 5.41) is 8.11. The number of anilines is 1. The minimum absolute atomic E-state index is 0. The Labute approximate surface area is 209 Å². The Balaban J connectivity index is 0.000000504. The topological polar surface area (TPSA) is 83.3 Å². The smallest absolute Gasteiger partial charge is 0.300 e. The molecule has 0 amide bonds. The average Bonchev–Trinajstić information content (AvgIpc) is 3.13. The Morgan fingerprint density at radius 3 is 2.68 bits per heavy atom. The van der Waals surface area contributed by atoms with Crippen molar-refractivity contribution in [1.29, 1.82) is 0 Å². The van der Waals surface area contributed by atoms with Crippen LogP contribution in [0, 0.1) is 31.1 Å². The van der Waals surface area contributed by atoms with E-state index in [1.807, 2.05) is 42.3 Å². The Morgan fingerprint density at radius 2 is 2.06 bits per heavy atom. The summed E-state index contributed by atoms with van der Waals surface area (Å²) in [6, 6.07) is 7.93. The third-order valence-corrected chi connectivity index (χ3v) is 6.14. The quantitative estimate of drug-likeness (QED) is 0.435. The number of aliphatic carboxylic acids is 1. The van der Waals surface area contributed by atoms with E-state index in [0.717, 1.165) is 42.3 Å². The molecule has 5 rings (SSSR count). The molecule has 1 saturated carbocycles. The van der Waals surface area contributed by atoms with Crippen LogP contribution in [0.1, 0.15) is 37.6 Å². The Morgan fingerprint density at radius 1 is 1.35 bits per heavy atom. The van der Waals surface area contributed by atoms with Gasteiger partial charge >= 0.3 is 0 Å². The molecular formula is C22H24ClN5O2U. The van der Waals surface area contributed by atoms with E-state index in [9.17, 15) is 0 Å². The Hall–Kier alpha value is -2.01. The fraction of sp³-hybridized carbons (Fsp3) is 0.318. The summed E-state index contributed by atoms with van der Waals surface area (Å²) in [6.45, 7) is 6.19. The molecule has 1 spiro atoms. The van der Waals surface area contributed by atoms with Gasteiger partial charge < -0.3 is 15.4 Å². The second-order valence-electron chi connectivity index (χ2n) is 7.60. The van der Waals surface area contributed by atoms with E-state index in [0.29, 0.717) is 11.6 Å². The molecule has 0 radical (unpaired) electrons. The molecule has 1 aliphatic carbocycles. The first-order chi connectivity index (χ1) is 14.4. The molecule has 2 aliphatic rings. The number of nitrogens with one attached hydrogen (secondary N) is 1. The van der Waals surface area contributed by atoms with Gasteiger partial charge in [-0.05, 0) is 42.7 Å².